The molecule has 146 valence electrons. The number of hydrogen-bond donors (Lipinski definition) is 0. The molecule has 6 heteroatoms. The lowest BCUT2D eigenvalue weighted by atomic mass is 10.1. The number of benzene rings is 3. The van der Waals surface area contributed by atoms with E-state index >= 15 is 0 Å². The molecule has 0 aliphatic heterocycles. The van der Waals surface area contributed by atoms with E-state index in [1.165, 1.54) is 24.3 Å². The van der Waals surface area contributed by atoms with Crippen LogP contribution in [0.2, 0.25) is 0 Å². The number of hydrogen-bond acceptors (Lipinski definition) is 2. The Balaban J connectivity index is 2.19. The second kappa shape index (κ2) is 7.72. The van der Waals surface area contributed by atoms with E-state index in [-0.39, 0.29) is 10.6 Å². The Bertz CT molecular complexity index is 1100. The van der Waals surface area contributed by atoms with Crippen molar-refractivity contribution in [3.8, 4) is 0 Å². The molecule has 3 nitrogen and oxygen atoms in total. The lowest BCUT2D eigenvalue weighted by Gasteiger charge is -2.31. The van der Waals surface area contributed by atoms with Crippen LogP contribution in [-0.4, -0.2) is 8.42 Å². The third-order valence-corrected chi connectivity index (χ3v) is 6.64. The minimum atomic E-state index is -4.14. The maximum atomic E-state index is 14.2. The van der Waals surface area contributed by atoms with Crippen molar-refractivity contribution in [3.05, 3.63) is 95.1 Å². The van der Waals surface area contributed by atoms with Crippen molar-refractivity contribution < 1.29 is 17.2 Å². The molecule has 0 N–H and O–H groups in total. The third-order valence-electron chi connectivity index (χ3n) is 4.74. The number of halogens is 2. The number of anilines is 1. The minimum Gasteiger partial charge on any atom is -0.259 e. The first kappa shape index (κ1) is 20.0. The molecular weight excluding hydrogens is 380 g/mol. The average Bonchev–Trinajstić information content (AvgIpc) is 2.67. The molecule has 3 aromatic rings. The monoisotopic (exact) mass is 401 g/mol. The fourth-order valence-electron chi connectivity index (χ4n) is 3.00. The fourth-order valence-corrected chi connectivity index (χ4v) is 4.65. The molecule has 0 amide bonds. The smallest absolute Gasteiger partial charge is 0.259 e. The van der Waals surface area contributed by atoms with Crippen molar-refractivity contribution in [3.63, 3.8) is 0 Å². The van der Waals surface area contributed by atoms with Gasteiger partial charge in [-0.3, -0.25) is 4.31 Å². The molecule has 0 aliphatic rings. The van der Waals surface area contributed by atoms with Gasteiger partial charge in [0.25, 0.3) is 10.0 Å². The molecule has 28 heavy (non-hydrogen) atoms. The molecule has 3 aromatic carbocycles. The molecule has 0 aromatic heterocycles. The van der Waals surface area contributed by atoms with E-state index in [2.05, 4.69) is 0 Å². The number of sulfonamides is 1. The van der Waals surface area contributed by atoms with Crippen LogP contribution in [0.1, 0.15) is 29.7 Å². The zero-order chi connectivity index (χ0) is 20.5. The Morgan fingerprint density at radius 1 is 0.821 bits per heavy atom. The van der Waals surface area contributed by atoms with E-state index in [1.807, 2.05) is 6.07 Å². The normalized spacial score (nSPS) is 12.6. The maximum absolute atomic E-state index is 14.2. The summed E-state index contributed by atoms with van der Waals surface area (Å²) < 4.78 is 56.3. The van der Waals surface area contributed by atoms with E-state index in [4.69, 9.17) is 0 Å². The Morgan fingerprint density at radius 3 is 1.96 bits per heavy atom. The van der Waals surface area contributed by atoms with Gasteiger partial charge in [0.15, 0.2) is 0 Å². The molecule has 0 saturated carbocycles. The largest absolute Gasteiger partial charge is 0.264 e. The predicted octanol–water partition coefficient (Wildman–Crippen LogP) is 5.54. The second-order valence-corrected chi connectivity index (χ2v) is 8.55. The first-order valence-corrected chi connectivity index (χ1v) is 10.3. The molecule has 0 fully saturated rings. The lowest BCUT2D eigenvalue weighted by Crippen LogP contribution is -2.34. The Hall–Kier alpha value is -2.73. The zero-order valence-corrected chi connectivity index (χ0v) is 16.7. The molecular formula is C22H21F2NO2S. The summed E-state index contributed by atoms with van der Waals surface area (Å²) >= 11 is 0. The van der Waals surface area contributed by atoms with Crippen LogP contribution in [0.15, 0.2) is 71.6 Å². The van der Waals surface area contributed by atoms with Crippen molar-refractivity contribution in [2.75, 3.05) is 4.31 Å². The summed E-state index contributed by atoms with van der Waals surface area (Å²) in [7, 11) is -4.14. The van der Waals surface area contributed by atoms with E-state index in [1.54, 1.807) is 51.1 Å². The summed E-state index contributed by atoms with van der Waals surface area (Å²) in [5.41, 5.74) is 1.68. The standard InChI is InChI=1S/C22H21F2NO2S/c1-15-9-11-19(13-21(15)23)25(17(3)18-7-5-4-6-8-18)28(26,27)20-12-10-16(2)22(24)14-20/h4-14,17H,1-3H3. The van der Waals surface area contributed by atoms with Gasteiger partial charge in [-0.1, -0.05) is 42.5 Å². The van der Waals surface area contributed by atoms with Crippen molar-refractivity contribution in [1.82, 2.24) is 0 Å². The van der Waals surface area contributed by atoms with Crippen LogP contribution in [0, 0.1) is 25.5 Å². The summed E-state index contributed by atoms with van der Waals surface area (Å²) in [6.45, 7) is 4.88. The first-order valence-electron chi connectivity index (χ1n) is 8.83. The van der Waals surface area contributed by atoms with Crippen LogP contribution >= 0.6 is 0 Å². The summed E-state index contributed by atoms with van der Waals surface area (Å²) in [5.74, 6) is -1.11. The molecule has 0 bridgehead atoms. The topological polar surface area (TPSA) is 37.4 Å². The Kier molecular flexibility index (Phi) is 5.52. The number of nitrogens with zero attached hydrogens (tertiary/aromatic N) is 1. The van der Waals surface area contributed by atoms with Crippen LogP contribution in [0.5, 0.6) is 0 Å². The maximum Gasteiger partial charge on any atom is 0.264 e. The van der Waals surface area contributed by atoms with Gasteiger partial charge in [-0.25, -0.2) is 17.2 Å². The molecule has 0 spiro atoms. The second-order valence-electron chi connectivity index (χ2n) is 6.73. The van der Waals surface area contributed by atoms with Crippen LogP contribution in [-0.2, 0) is 10.0 Å². The average molecular weight is 401 g/mol. The van der Waals surface area contributed by atoms with Gasteiger partial charge in [0.05, 0.1) is 16.6 Å². The highest BCUT2D eigenvalue weighted by Crippen LogP contribution is 2.34. The number of aryl methyl sites for hydroxylation is 2. The van der Waals surface area contributed by atoms with Gasteiger partial charge < -0.3 is 0 Å². The van der Waals surface area contributed by atoms with Crippen LogP contribution in [0.3, 0.4) is 0 Å². The SMILES string of the molecule is Cc1ccc(N(C(C)c2ccccc2)S(=O)(=O)c2ccc(C)c(F)c2)cc1F. The molecule has 0 aliphatic carbocycles. The van der Waals surface area contributed by atoms with Gasteiger partial charge in [-0.05, 0) is 61.7 Å². The van der Waals surface area contributed by atoms with Gasteiger partial charge in [0.1, 0.15) is 11.6 Å². The predicted molar refractivity (Wildman–Crippen MR) is 107 cm³/mol. The van der Waals surface area contributed by atoms with Crippen LogP contribution < -0.4 is 4.31 Å². The van der Waals surface area contributed by atoms with E-state index in [9.17, 15) is 17.2 Å². The summed E-state index contributed by atoms with van der Waals surface area (Å²) in [4.78, 5) is -0.181. The zero-order valence-electron chi connectivity index (χ0n) is 15.9. The van der Waals surface area contributed by atoms with Gasteiger partial charge in [-0.2, -0.15) is 0 Å². The van der Waals surface area contributed by atoms with Crippen LogP contribution in [0.4, 0.5) is 14.5 Å². The van der Waals surface area contributed by atoms with Crippen molar-refractivity contribution >= 4 is 15.7 Å². The Labute approximate surface area is 164 Å². The highest BCUT2D eigenvalue weighted by atomic mass is 32.2. The van der Waals surface area contributed by atoms with Gasteiger partial charge in [0.2, 0.25) is 0 Å². The molecule has 0 radical (unpaired) electrons. The summed E-state index contributed by atoms with van der Waals surface area (Å²) in [6, 6.07) is 16.5. The highest BCUT2D eigenvalue weighted by molar-refractivity contribution is 7.92. The quantitative estimate of drug-likeness (QED) is 0.563. The van der Waals surface area contributed by atoms with E-state index in [0.29, 0.717) is 11.1 Å². The molecule has 1 atom stereocenters. The first-order chi connectivity index (χ1) is 13.2. The number of rotatable bonds is 5. The molecule has 1 unspecified atom stereocenters. The molecule has 0 saturated heterocycles. The van der Waals surface area contributed by atoms with E-state index in [0.717, 1.165) is 15.9 Å². The summed E-state index contributed by atoms with van der Waals surface area (Å²) in [6.07, 6.45) is 0. The lowest BCUT2D eigenvalue weighted by molar-refractivity contribution is 0.577. The summed E-state index contributed by atoms with van der Waals surface area (Å²) in [5, 5.41) is 0. The van der Waals surface area contributed by atoms with Gasteiger partial charge >= 0.3 is 0 Å². The van der Waals surface area contributed by atoms with E-state index < -0.39 is 27.7 Å². The molecule has 0 heterocycles. The van der Waals surface area contributed by atoms with Crippen molar-refractivity contribution in [2.24, 2.45) is 0 Å². The highest BCUT2D eigenvalue weighted by Gasteiger charge is 2.31. The van der Waals surface area contributed by atoms with Gasteiger partial charge in [-0.15, -0.1) is 0 Å². The molecule has 3 rings (SSSR count). The fraction of sp³-hybridized carbons (Fsp3) is 0.182. The van der Waals surface area contributed by atoms with Crippen LogP contribution in [0.25, 0.3) is 0 Å². The third kappa shape index (κ3) is 3.78. The van der Waals surface area contributed by atoms with Crippen molar-refractivity contribution in [2.45, 2.75) is 31.7 Å². The van der Waals surface area contributed by atoms with Gasteiger partial charge in [0, 0.05) is 0 Å². The minimum absolute atomic E-state index is 0.181. The van der Waals surface area contributed by atoms with Crippen molar-refractivity contribution in [1.29, 1.82) is 0 Å². The Morgan fingerprint density at radius 2 is 1.39 bits per heavy atom.